The molecule has 1 fully saturated rings. The van der Waals surface area contributed by atoms with Crippen LogP contribution in [0.5, 0.6) is 5.75 Å². The number of hydrogen-bond acceptors (Lipinski definition) is 4. The number of ether oxygens (including phenoxy) is 1. The molecule has 94 valence electrons. The molecule has 6 heteroatoms. The van der Waals surface area contributed by atoms with Gasteiger partial charge in [-0.3, -0.25) is 4.79 Å². The smallest absolute Gasteiger partial charge is 0.267 e. The predicted octanol–water partition coefficient (Wildman–Crippen LogP) is 1.87. The minimum absolute atomic E-state index is 0.0714. The lowest BCUT2D eigenvalue weighted by Gasteiger charge is -2.27. The Morgan fingerprint density at radius 2 is 2.12 bits per heavy atom. The Bertz CT molecular complexity index is 427. The zero-order chi connectivity index (χ0) is 12.4. The summed E-state index contributed by atoms with van der Waals surface area (Å²) < 4.78 is 6.20. The maximum Gasteiger partial charge on any atom is 0.267 e. The Morgan fingerprint density at radius 3 is 2.71 bits per heavy atom. The van der Waals surface area contributed by atoms with Gasteiger partial charge >= 0.3 is 0 Å². The van der Waals surface area contributed by atoms with Crippen LogP contribution in [0.25, 0.3) is 0 Å². The number of nitrogens with zero attached hydrogens (tertiary/aromatic N) is 1. The monoisotopic (exact) mass is 318 g/mol. The summed E-state index contributed by atoms with van der Waals surface area (Å²) in [4.78, 5) is 16.0. The van der Waals surface area contributed by atoms with E-state index >= 15 is 0 Å². The quantitative estimate of drug-likeness (QED) is 0.905. The maximum atomic E-state index is 12.4. The highest BCUT2D eigenvalue weighted by Gasteiger charge is 2.25. The Balaban J connectivity index is 2.26. The van der Waals surface area contributed by atoms with Crippen LogP contribution in [-0.2, 0) is 0 Å². The van der Waals surface area contributed by atoms with E-state index in [-0.39, 0.29) is 5.91 Å². The van der Waals surface area contributed by atoms with Crippen LogP contribution in [0.4, 0.5) is 0 Å². The van der Waals surface area contributed by atoms with E-state index in [1.165, 1.54) is 11.3 Å². The second-order valence-electron chi connectivity index (χ2n) is 3.88. The molecule has 4 nitrogen and oxygen atoms in total. The molecule has 1 amide bonds. The van der Waals surface area contributed by atoms with Crippen LogP contribution in [0.3, 0.4) is 0 Å². The topological polar surface area (TPSA) is 41.6 Å². The van der Waals surface area contributed by atoms with Gasteiger partial charge in [0.25, 0.3) is 5.91 Å². The fraction of sp³-hybridized carbons (Fsp3) is 0.545. The van der Waals surface area contributed by atoms with Crippen molar-refractivity contribution < 1.29 is 9.53 Å². The number of hydrogen-bond donors (Lipinski definition) is 1. The standard InChI is InChI=1S/C11H15BrN2O2S/c1-7-8(12)9(16-2)10(17-7)11(15)14-5-3-13-4-6-14/h13H,3-6H2,1-2H3. The van der Waals surface area contributed by atoms with Gasteiger partial charge in [-0.2, -0.15) is 0 Å². The summed E-state index contributed by atoms with van der Waals surface area (Å²) in [6.45, 7) is 5.22. The van der Waals surface area contributed by atoms with Gasteiger partial charge in [-0.15, -0.1) is 11.3 Å². The van der Waals surface area contributed by atoms with Gasteiger partial charge in [0.15, 0.2) is 5.75 Å². The number of rotatable bonds is 2. The average molecular weight is 319 g/mol. The summed E-state index contributed by atoms with van der Waals surface area (Å²) in [6, 6.07) is 0. The Hall–Kier alpha value is -0.590. The number of carbonyl (C=O) groups excluding carboxylic acids is 1. The Kier molecular flexibility index (Phi) is 4.06. The number of aryl methyl sites for hydroxylation is 1. The summed E-state index contributed by atoms with van der Waals surface area (Å²) in [5, 5.41) is 3.24. The van der Waals surface area contributed by atoms with Crippen LogP contribution in [0.15, 0.2) is 4.47 Å². The lowest BCUT2D eigenvalue weighted by Crippen LogP contribution is -2.46. The molecule has 0 unspecified atom stereocenters. The Morgan fingerprint density at radius 1 is 1.47 bits per heavy atom. The van der Waals surface area contributed by atoms with Gasteiger partial charge in [0.2, 0.25) is 0 Å². The van der Waals surface area contributed by atoms with E-state index in [0.717, 1.165) is 35.5 Å². The second kappa shape index (κ2) is 5.37. The summed E-state index contributed by atoms with van der Waals surface area (Å²) in [7, 11) is 1.60. The lowest BCUT2D eigenvalue weighted by molar-refractivity contribution is 0.0737. The van der Waals surface area contributed by atoms with E-state index in [0.29, 0.717) is 10.6 Å². The molecule has 1 aromatic rings. The normalized spacial score (nSPS) is 16.1. The molecular weight excluding hydrogens is 304 g/mol. The third-order valence-electron chi connectivity index (χ3n) is 2.77. The van der Waals surface area contributed by atoms with E-state index in [1.54, 1.807) is 7.11 Å². The molecule has 0 atom stereocenters. The van der Waals surface area contributed by atoms with Gasteiger partial charge in [-0.1, -0.05) is 0 Å². The van der Waals surface area contributed by atoms with Crippen LogP contribution >= 0.6 is 27.3 Å². The number of carbonyl (C=O) groups is 1. The van der Waals surface area contributed by atoms with Crippen LogP contribution in [0.1, 0.15) is 14.5 Å². The zero-order valence-corrected chi connectivity index (χ0v) is 12.3. The van der Waals surface area contributed by atoms with Crippen molar-refractivity contribution in [1.82, 2.24) is 10.2 Å². The SMILES string of the molecule is COc1c(C(=O)N2CCNCC2)sc(C)c1Br. The molecule has 1 aliphatic heterocycles. The van der Waals surface area contributed by atoms with E-state index in [4.69, 9.17) is 4.74 Å². The highest BCUT2D eigenvalue weighted by Crippen LogP contribution is 2.39. The minimum Gasteiger partial charge on any atom is -0.494 e. The molecule has 0 bridgehead atoms. The van der Waals surface area contributed by atoms with Gasteiger partial charge in [-0.05, 0) is 22.9 Å². The number of methoxy groups -OCH3 is 1. The number of piperazine rings is 1. The second-order valence-corrected chi connectivity index (χ2v) is 5.89. The van der Waals surface area contributed by atoms with Crippen molar-refractivity contribution in [2.45, 2.75) is 6.92 Å². The van der Waals surface area contributed by atoms with Gasteiger partial charge in [0.1, 0.15) is 4.88 Å². The number of thiophene rings is 1. The highest BCUT2D eigenvalue weighted by molar-refractivity contribution is 9.10. The third kappa shape index (κ3) is 2.48. The van der Waals surface area contributed by atoms with E-state index < -0.39 is 0 Å². The molecule has 1 aromatic heterocycles. The maximum absolute atomic E-state index is 12.4. The van der Waals surface area contributed by atoms with E-state index in [2.05, 4.69) is 21.2 Å². The van der Waals surface area contributed by atoms with E-state index in [1.807, 2.05) is 11.8 Å². The molecule has 2 heterocycles. The first kappa shape index (κ1) is 12.9. The van der Waals surface area contributed by atoms with Gasteiger partial charge in [0.05, 0.1) is 11.6 Å². The molecular formula is C11H15BrN2O2S. The first-order valence-electron chi connectivity index (χ1n) is 5.48. The van der Waals surface area contributed by atoms with Gasteiger partial charge < -0.3 is 15.0 Å². The average Bonchev–Trinajstić information content (AvgIpc) is 2.65. The third-order valence-corrected chi connectivity index (χ3v) is 5.06. The number of halogens is 1. The minimum atomic E-state index is 0.0714. The fourth-order valence-electron chi connectivity index (χ4n) is 1.84. The van der Waals surface area contributed by atoms with Crippen molar-refractivity contribution in [3.63, 3.8) is 0 Å². The molecule has 0 spiro atoms. The molecule has 0 aliphatic carbocycles. The van der Waals surface area contributed by atoms with Crippen molar-refractivity contribution >= 4 is 33.2 Å². The van der Waals surface area contributed by atoms with E-state index in [9.17, 15) is 4.79 Å². The molecule has 17 heavy (non-hydrogen) atoms. The summed E-state index contributed by atoms with van der Waals surface area (Å²) in [5.74, 6) is 0.734. The van der Waals surface area contributed by atoms with Crippen LogP contribution in [0.2, 0.25) is 0 Å². The van der Waals surface area contributed by atoms with Crippen LogP contribution < -0.4 is 10.1 Å². The molecule has 1 saturated heterocycles. The van der Waals surface area contributed by atoms with Crippen molar-refractivity contribution in [3.8, 4) is 5.75 Å². The fourth-order valence-corrected chi connectivity index (χ4v) is 3.56. The molecule has 0 saturated carbocycles. The van der Waals surface area contributed by atoms with Gasteiger partial charge in [0, 0.05) is 31.1 Å². The zero-order valence-electron chi connectivity index (χ0n) is 9.88. The predicted molar refractivity (Wildman–Crippen MR) is 72.1 cm³/mol. The first-order chi connectivity index (χ1) is 8.15. The molecule has 0 radical (unpaired) electrons. The lowest BCUT2D eigenvalue weighted by atomic mass is 10.3. The van der Waals surface area contributed by atoms with Crippen molar-refractivity contribution in [2.75, 3.05) is 33.3 Å². The largest absolute Gasteiger partial charge is 0.494 e. The van der Waals surface area contributed by atoms with Gasteiger partial charge in [-0.25, -0.2) is 0 Å². The van der Waals surface area contributed by atoms with Crippen molar-refractivity contribution in [2.24, 2.45) is 0 Å². The summed E-state index contributed by atoms with van der Waals surface area (Å²) in [5.41, 5.74) is 0. The summed E-state index contributed by atoms with van der Waals surface area (Å²) >= 11 is 4.94. The van der Waals surface area contributed by atoms with Crippen molar-refractivity contribution in [1.29, 1.82) is 0 Å². The van der Waals surface area contributed by atoms with Crippen LogP contribution in [0, 0.1) is 6.92 Å². The Labute approximate surface area is 113 Å². The molecule has 2 rings (SSSR count). The van der Waals surface area contributed by atoms with Crippen molar-refractivity contribution in [3.05, 3.63) is 14.2 Å². The molecule has 0 aromatic carbocycles. The number of nitrogens with one attached hydrogen (secondary N) is 1. The van der Waals surface area contributed by atoms with Crippen LogP contribution in [-0.4, -0.2) is 44.1 Å². The highest BCUT2D eigenvalue weighted by atomic mass is 79.9. The molecule has 1 aliphatic rings. The summed E-state index contributed by atoms with van der Waals surface area (Å²) in [6.07, 6.45) is 0. The first-order valence-corrected chi connectivity index (χ1v) is 7.09. The molecule has 1 N–H and O–H groups in total. The number of amides is 1.